The van der Waals surface area contributed by atoms with E-state index in [4.69, 9.17) is 0 Å². The Morgan fingerprint density at radius 2 is 1.83 bits per heavy atom. The first-order chi connectivity index (χ1) is 13.9. The lowest BCUT2D eigenvalue weighted by atomic mass is 10.0. The van der Waals surface area contributed by atoms with Crippen LogP contribution in [0.4, 0.5) is 10.5 Å². The van der Waals surface area contributed by atoms with Gasteiger partial charge in [-0.3, -0.25) is 14.5 Å². The maximum Gasteiger partial charge on any atom is 0.319 e. The number of para-hydroxylation sites is 1. The zero-order valence-electron chi connectivity index (χ0n) is 17.6. The quantitative estimate of drug-likeness (QED) is 0.533. The number of likely N-dealkylation sites (tertiary alicyclic amines) is 1. The van der Waals surface area contributed by atoms with Gasteiger partial charge in [0.15, 0.2) is 0 Å². The van der Waals surface area contributed by atoms with Gasteiger partial charge in [-0.2, -0.15) is 0 Å². The maximum absolute atomic E-state index is 12.8. The van der Waals surface area contributed by atoms with Gasteiger partial charge in [-0.15, -0.1) is 0 Å². The van der Waals surface area contributed by atoms with Crippen LogP contribution < -0.4 is 21.3 Å². The molecule has 0 aliphatic carbocycles. The molecule has 29 heavy (non-hydrogen) atoms. The van der Waals surface area contributed by atoms with Crippen LogP contribution in [0.15, 0.2) is 24.3 Å². The second-order valence-electron chi connectivity index (χ2n) is 7.67. The molecule has 0 aromatic heterocycles. The van der Waals surface area contributed by atoms with Crippen molar-refractivity contribution in [3.8, 4) is 0 Å². The molecule has 8 nitrogen and oxygen atoms in total. The molecule has 0 bridgehead atoms. The van der Waals surface area contributed by atoms with Gasteiger partial charge in [0, 0.05) is 31.7 Å². The van der Waals surface area contributed by atoms with Crippen molar-refractivity contribution in [1.82, 2.24) is 20.9 Å². The van der Waals surface area contributed by atoms with Crippen LogP contribution in [0.25, 0.3) is 0 Å². The Hall–Kier alpha value is -2.61. The van der Waals surface area contributed by atoms with Crippen molar-refractivity contribution in [3.05, 3.63) is 29.8 Å². The molecule has 0 spiro atoms. The third kappa shape index (κ3) is 7.73. The first kappa shape index (κ1) is 22.7. The van der Waals surface area contributed by atoms with E-state index in [-0.39, 0.29) is 29.9 Å². The second kappa shape index (κ2) is 11.4. The van der Waals surface area contributed by atoms with Crippen molar-refractivity contribution in [2.45, 2.75) is 52.1 Å². The molecule has 1 fully saturated rings. The maximum atomic E-state index is 12.8. The van der Waals surface area contributed by atoms with Crippen molar-refractivity contribution in [1.29, 1.82) is 0 Å². The van der Waals surface area contributed by atoms with Crippen LogP contribution in [0.2, 0.25) is 0 Å². The third-order valence-electron chi connectivity index (χ3n) is 4.70. The smallest absolute Gasteiger partial charge is 0.319 e. The molecule has 1 aromatic rings. The van der Waals surface area contributed by atoms with Crippen molar-refractivity contribution in [3.63, 3.8) is 0 Å². The zero-order valence-corrected chi connectivity index (χ0v) is 17.6. The summed E-state index contributed by atoms with van der Waals surface area (Å²) in [6.07, 6.45) is 2.50. The highest BCUT2D eigenvalue weighted by Crippen LogP contribution is 2.17. The topological polar surface area (TPSA) is 103 Å². The van der Waals surface area contributed by atoms with Gasteiger partial charge in [0.05, 0.1) is 17.8 Å². The van der Waals surface area contributed by atoms with Crippen LogP contribution in [-0.4, -0.2) is 61.0 Å². The van der Waals surface area contributed by atoms with E-state index < -0.39 is 0 Å². The number of benzene rings is 1. The molecule has 1 aliphatic rings. The Kier molecular flexibility index (Phi) is 8.92. The number of amides is 4. The molecular weight excluding hydrogens is 370 g/mol. The molecule has 1 saturated heterocycles. The minimum atomic E-state index is -0.338. The number of nitrogens with zero attached hydrogens (tertiary/aromatic N) is 1. The number of urea groups is 1. The van der Waals surface area contributed by atoms with E-state index in [2.05, 4.69) is 26.2 Å². The minimum absolute atomic E-state index is 0.00484. The molecule has 0 unspecified atom stereocenters. The van der Waals surface area contributed by atoms with E-state index in [0.29, 0.717) is 24.3 Å². The molecule has 4 amide bonds. The minimum Gasteiger partial charge on any atom is -0.355 e. The summed E-state index contributed by atoms with van der Waals surface area (Å²) in [5.41, 5.74) is 0.918. The number of nitrogens with one attached hydrogen (secondary N) is 4. The van der Waals surface area contributed by atoms with Crippen LogP contribution >= 0.6 is 0 Å². The fourth-order valence-electron chi connectivity index (χ4n) is 3.23. The van der Waals surface area contributed by atoms with Gasteiger partial charge < -0.3 is 21.3 Å². The fourth-order valence-corrected chi connectivity index (χ4v) is 3.23. The van der Waals surface area contributed by atoms with Gasteiger partial charge in [-0.1, -0.05) is 19.1 Å². The number of carbonyl (C=O) groups is 3. The predicted octanol–water partition coefficient (Wildman–Crippen LogP) is 1.94. The fraction of sp³-hybridized carbons (Fsp3) is 0.571. The van der Waals surface area contributed by atoms with E-state index in [1.807, 2.05) is 20.8 Å². The Bertz CT molecular complexity index is 699. The van der Waals surface area contributed by atoms with Gasteiger partial charge in [-0.05, 0) is 45.2 Å². The molecular formula is C21H33N5O3. The lowest BCUT2D eigenvalue weighted by Gasteiger charge is -2.32. The van der Waals surface area contributed by atoms with Gasteiger partial charge in [0.1, 0.15) is 0 Å². The second-order valence-corrected chi connectivity index (χ2v) is 7.67. The molecule has 1 aliphatic heterocycles. The molecule has 160 valence electrons. The molecule has 2 rings (SSSR count). The van der Waals surface area contributed by atoms with Crippen molar-refractivity contribution >= 4 is 23.5 Å². The van der Waals surface area contributed by atoms with Crippen molar-refractivity contribution in [2.75, 3.05) is 31.5 Å². The third-order valence-corrected chi connectivity index (χ3v) is 4.70. The molecule has 4 N–H and O–H groups in total. The number of carbonyl (C=O) groups excluding carboxylic acids is 3. The number of hydrogen-bond donors (Lipinski definition) is 4. The van der Waals surface area contributed by atoms with E-state index >= 15 is 0 Å². The average molecular weight is 404 g/mol. The molecule has 8 heteroatoms. The van der Waals surface area contributed by atoms with Gasteiger partial charge in [0.2, 0.25) is 5.91 Å². The molecule has 1 aromatic carbocycles. The van der Waals surface area contributed by atoms with Crippen LogP contribution in [0.5, 0.6) is 0 Å². The first-order valence-corrected chi connectivity index (χ1v) is 10.4. The number of anilines is 1. The monoisotopic (exact) mass is 403 g/mol. The van der Waals surface area contributed by atoms with Gasteiger partial charge in [0.25, 0.3) is 5.91 Å². The predicted molar refractivity (Wildman–Crippen MR) is 114 cm³/mol. The summed E-state index contributed by atoms with van der Waals surface area (Å²) < 4.78 is 0. The summed E-state index contributed by atoms with van der Waals surface area (Å²) in [4.78, 5) is 38.7. The summed E-state index contributed by atoms with van der Waals surface area (Å²) in [6.45, 7) is 8.41. The molecule has 0 atom stereocenters. The Labute approximate surface area is 172 Å². The molecule has 0 saturated carbocycles. The Morgan fingerprint density at radius 1 is 1.14 bits per heavy atom. The van der Waals surface area contributed by atoms with Crippen LogP contribution in [0, 0.1) is 0 Å². The molecule has 1 heterocycles. The lowest BCUT2D eigenvalue weighted by Crippen LogP contribution is -2.47. The highest BCUT2D eigenvalue weighted by Gasteiger charge is 2.23. The first-order valence-electron chi connectivity index (χ1n) is 10.4. The van der Waals surface area contributed by atoms with Gasteiger partial charge in [-0.25, -0.2) is 4.79 Å². The Morgan fingerprint density at radius 3 is 2.48 bits per heavy atom. The highest BCUT2D eigenvalue weighted by atomic mass is 16.2. The van der Waals surface area contributed by atoms with Crippen LogP contribution in [-0.2, 0) is 4.79 Å². The Balaban J connectivity index is 1.85. The summed E-state index contributed by atoms with van der Waals surface area (Å²) >= 11 is 0. The highest BCUT2D eigenvalue weighted by molar-refractivity contribution is 6.03. The normalized spacial score (nSPS) is 15.0. The van der Waals surface area contributed by atoms with Crippen LogP contribution in [0.1, 0.15) is 50.4 Å². The average Bonchev–Trinajstić information content (AvgIpc) is 2.67. The van der Waals surface area contributed by atoms with E-state index in [1.54, 1.807) is 24.3 Å². The summed E-state index contributed by atoms with van der Waals surface area (Å²) in [5, 5.41) is 11.4. The van der Waals surface area contributed by atoms with Crippen LogP contribution in [0.3, 0.4) is 0 Å². The number of rotatable bonds is 8. The molecule has 0 radical (unpaired) electrons. The SMILES string of the molecule is CCCNC(=O)CN1CCC(NC(=O)c2ccccc2NC(=O)NC(C)C)CC1. The standard InChI is InChI=1S/C21H33N5O3/c1-4-11-22-19(27)14-26-12-9-16(10-13-26)24-20(28)17-7-5-6-8-18(17)25-21(29)23-15(2)3/h5-8,15-16H,4,9-14H2,1-3H3,(H,22,27)(H,24,28)(H2,23,25,29). The zero-order chi connectivity index (χ0) is 21.2. The lowest BCUT2D eigenvalue weighted by molar-refractivity contribution is -0.122. The summed E-state index contributed by atoms with van der Waals surface area (Å²) in [5.74, 6) is -0.154. The summed E-state index contributed by atoms with van der Waals surface area (Å²) in [7, 11) is 0. The largest absolute Gasteiger partial charge is 0.355 e. The summed E-state index contributed by atoms with van der Waals surface area (Å²) in [6, 6.07) is 6.69. The van der Waals surface area contributed by atoms with E-state index in [9.17, 15) is 14.4 Å². The van der Waals surface area contributed by atoms with Crippen molar-refractivity contribution < 1.29 is 14.4 Å². The number of hydrogen-bond acceptors (Lipinski definition) is 4. The number of piperidine rings is 1. The van der Waals surface area contributed by atoms with Crippen molar-refractivity contribution in [2.24, 2.45) is 0 Å². The van der Waals surface area contributed by atoms with E-state index in [1.165, 1.54) is 0 Å². The van der Waals surface area contributed by atoms with E-state index in [0.717, 1.165) is 32.4 Å². The van der Waals surface area contributed by atoms with Gasteiger partial charge >= 0.3 is 6.03 Å².